The van der Waals surface area contributed by atoms with Gasteiger partial charge in [-0.3, -0.25) is 0 Å². The van der Waals surface area contributed by atoms with Crippen LogP contribution in [0.3, 0.4) is 0 Å². The molecule has 1 saturated heterocycles. The second-order valence-corrected chi connectivity index (χ2v) is 9.22. The maximum Gasteiger partial charge on any atom is 0.163 e. The molecule has 3 nitrogen and oxygen atoms in total. The minimum absolute atomic E-state index is 0.0744. The molecule has 0 aromatic rings. The molecule has 0 aromatic heterocycles. The van der Waals surface area contributed by atoms with Gasteiger partial charge >= 0.3 is 0 Å². The first-order valence-corrected chi connectivity index (χ1v) is 8.17. The average molecular weight is 280 g/mol. The van der Waals surface area contributed by atoms with E-state index in [1.807, 2.05) is 13.8 Å². The fourth-order valence-corrected chi connectivity index (χ4v) is 6.13. The van der Waals surface area contributed by atoms with E-state index in [4.69, 9.17) is 9.47 Å². The number of aliphatic hydroxyl groups is 1. The summed E-state index contributed by atoms with van der Waals surface area (Å²) in [6, 6.07) is 0. The van der Waals surface area contributed by atoms with Gasteiger partial charge in [0, 0.05) is 11.3 Å². The lowest BCUT2D eigenvalue weighted by molar-refractivity contribution is -0.198. The van der Waals surface area contributed by atoms with Gasteiger partial charge in [0.2, 0.25) is 0 Å². The Kier molecular flexibility index (Phi) is 2.44. The SMILES string of the molecule is CC1(C)C[C@H]2[C@@H]3[C@@H]4OC(C)(C)O[C@@H]4[C@@](C)(C[C@H]3O)[C@H]2C1. The zero-order valence-corrected chi connectivity index (χ0v) is 13.3. The van der Waals surface area contributed by atoms with E-state index < -0.39 is 5.79 Å². The van der Waals surface area contributed by atoms with Crippen LogP contribution >= 0.6 is 0 Å². The van der Waals surface area contributed by atoms with Gasteiger partial charge in [0.1, 0.15) is 0 Å². The molecule has 0 amide bonds. The summed E-state index contributed by atoms with van der Waals surface area (Å²) < 4.78 is 12.5. The number of hydrogen-bond donors (Lipinski definition) is 1. The van der Waals surface area contributed by atoms with Gasteiger partial charge in [0.15, 0.2) is 5.79 Å². The van der Waals surface area contributed by atoms with E-state index in [1.54, 1.807) is 0 Å². The minimum atomic E-state index is -0.493. The van der Waals surface area contributed by atoms with Crippen molar-refractivity contribution in [2.45, 2.75) is 78.0 Å². The Balaban J connectivity index is 1.77. The lowest BCUT2D eigenvalue weighted by Gasteiger charge is -2.59. The second kappa shape index (κ2) is 3.61. The molecule has 5 fully saturated rings. The Morgan fingerprint density at radius 1 is 0.950 bits per heavy atom. The zero-order chi connectivity index (χ0) is 14.5. The van der Waals surface area contributed by atoms with Gasteiger partial charge < -0.3 is 14.6 Å². The largest absolute Gasteiger partial charge is 0.393 e. The first-order valence-electron chi connectivity index (χ1n) is 8.17. The maximum absolute atomic E-state index is 10.7. The Bertz CT molecular complexity index is 410. The molecule has 0 radical (unpaired) electrons. The van der Waals surface area contributed by atoms with Crippen LogP contribution in [0.5, 0.6) is 0 Å². The van der Waals surface area contributed by atoms with Crippen LogP contribution in [0.1, 0.15) is 53.9 Å². The molecule has 5 aliphatic rings. The molecule has 1 aliphatic heterocycles. The molecule has 2 bridgehead atoms. The van der Waals surface area contributed by atoms with Gasteiger partial charge in [-0.15, -0.1) is 0 Å². The lowest BCUT2D eigenvalue weighted by Crippen LogP contribution is -2.64. The Morgan fingerprint density at radius 3 is 2.35 bits per heavy atom. The molecule has 0 spiro atoms. The van der Waals surface area contributed by atoms with Crippen molar-refractivity contribution in [3.63, 3.8) is 0 Å². The summed E-state index contributed by atoms with van der Waals surface area (Å²) in [5.41, 5.74) is 0.470. The van der Waals surface area contributed by atoms with Crippen LogP contribution in [0.4, 0.5) is 0 Å². The maximum atomic E-state index is 10.7. The molecule has 3 heteroatoms. The zero-order valence-electron chi connectivity index (χ0n) is 13.3. The first kappa shape index (κ1) is 13.5. The molecule has 4 saturated carbocycles. The molecular weight excluding hydrogens is 252 g/mol. The standard InChI is InChI=1S/C17H28O3/c1-15(2)6-9-10(7-15)17(5)8-11(18)12(9)13-14(17)20-16(3,4)19-13/h9-14,18H,6-8H2,1-5H3/t9-,10+,11-,12+,13+,14+,17+/m1/s1. The molecule has 7 atom stereocenters. The molecule has 1 heterocycles. The van der Waals surface area contributed by atoms with Gasteiger partial charge in [-0.1, -0.05) is 20.8 Å². The number of ether oxygens (including phenoxy) is 2. The van der Waals surface area contributed by atoms with Crippen LogP contribution < -0.4 is 0 Å². The van der Waals surface area contributed by atoms with E-state index in [2.05, 4.69) is 20.8 Å². The summed E-state index contributed by atoms with van der Waals surface area (Å²) in [6.45, 7) is 11.1. The van der Waals surface area contributed by atoms with E-state index in [0.717, 1.165) is 6.42 Å². The number of rotatable bonds is 0. The number of hydrogen-bond acceptors (Lipinski definition) is 3. The molecule has 1 N–H and O–H groups in total. The summed E-state index contributed by atoms with van der Waals surface area (Å²) in [5.74, 6) is 1.07. The molecule has 0 aromatic carbocycles. The predicted molar refractivity (Wildman–Crippen MR) is 76.0 cm³/mol. The third-order valence-electron chi connectivity index (χ3n) is 6.67. The summed E-state index contributed by atoms with van der Waals surface area (Å²) in [4.78, 5) is 0. The summed E-state index contributed by atoms with van der Waals surface area (Å²) in [7, 11) is 0. The van der Waals surface area contributed by atoms with Crippen molar-refractivity contribution in [3.8, 4) is 0 Å². The van der Waals surface area contributed by atoms with Crippen molar-refractivity contribution >= 4 is 0 Å². The molecule has 0 unspecified atom stereocenters. The van der Waals surface area contributed by atoms with Crippen LogP contribution in [0.15, 0.2) is 0 Å². The van der Waals surface area contributed by atoms with Gasteiger partial charge in [-0.05, 0) is 50.4 Å². The lowest BCUT2D eigenvalue weighted by atomic mass is 9.49. The number of aliphatic hydroxyl groups excluding tert-OH is 1. The fraction of sp³-hybridized carbons (Fsp3) is 1.00. The van der Waals surface area contributed by atoms with Crippen molar-refractivity contribution in [1.29, 1.82) is 0 Å². The molecule has 114 valence electrons. The minimum Gasteiger partial charge on any atom is -0.393 e. The third kappa shape index (κ3) is 1.57. The van der Waals surface area contributed by atoms with Crippen molar-refractivity contribution < 1.29 is 14.6 Å². The van der Waals surface area contributed by atoms with Gasteiger partial charge in [0.05, 0.1) is 18.3 Å². The summed E-state index contributed by atoms with van der Waals surface area (Å²) >= 11 is 0. The van der Waals surface area contributed by atoms with Crippen molar-refractivity contribution in [2.24, 2.45) is 28.6 Å². The topological polar surface area (TPSA) is 38.7 Å². The quantitative estimate of drug-likeness (QED) is 0.741. The smallest absolute Gasteiger partial charge is 0.163 e. The highest BCUT2D eigenvalue weighted by Gasteiger charge is 2.70. The first-order chi connectivity index (χ1) is 9.13. The normalized spacial score (nSPS) is 58.5. The van der Waals surface area contributed by atoms with E-state index in [0.29, 0.717) is 17.3 Å². The van der Waals surface area contributed by atoms with Gasteiger partial charge in [-0.25, -0.2) is 0 Å². The average Bonchev–Trinajstić information content (AvgIpc) is 2.75. The van der Waals surface area contributed by atoms with Crippen molar-refractivity contribution in [2.75, 3.05) is 0 Å². The Hall–Kier alpha value is -0.120. The predicted octanol–water partition coefficient (Wildman–Crippen LogP) is 2.96. The number of fused-ring (bicyclic) bond motifs is 1. The Morgan fingerprint density at radius 2 is 1.65 bits per heavy atom. The molecule has 4 aliphatic carbocycles. The highest BCUT2D eigenvalue weighted by atomic mass is 16.8. The van der Waals surface area contributed by atoms with Crippen LogP contribution in [0, 0.1) is 28.6 Å². The fourth-order valence-electron chi connectivity index (χ4n) is 6.13. The molecule has 5 rings (SSSR count). The van der Waals surface area contributed by atoms with Crippen LogP contribution in [-0.2, 0) is 9.47 Å². The third-order valence-corrected chi connectivity index (χ3v) is 6.67. The van der Waals surface area contributed by atoms with E-state index >= 15 is 0 Å². The Labute approximate surface area is 122 Å². The van der Waals surface area contributed by atoms with E-state index in [9.17, 15) is 5.11 Å². The van der Waals surface area contributed by atoms with E-state index in [-0.39, 0.29) is 29.6 Å². The second-order valence-electron chi connectivity index (χ2n) is 9.22. The highest BCUT2D eigenvalue weighted by molar-refractivity contribution is 5.17. The van der Waals surface area contributed by atoms with Crippen molar-refractivity contribution in [1.82, 2.24) is 0 Å². The summed E-state index contributed by atoms with van der Waals surface area (Å²) in [6.07, 6.45) is 3.42. The van der Waals surface area contributed by atoms with Gasteiger partial charge in [-0.2, -0.15) is 0 Å². The van der Waals surface area contributed by atoms with Crippen LogP contribution in [0.2, 0.25) is 0 Å². The highest BCUT2D eigenvalue weighted by Crippen LogP contribution is 2.68. The van der Waals surface area contributed by atoms with Gasteiger partial charge in [0.25, 0.3) is 0 Å². The summed E-state index contributed by atoms with van der Waals surface area (Å²) in [5, 5.41) is 10.7. The molecule has 20 heavy (non-hydrogen) atoms. The monoisotopic (exact) mass is 280 g/mol. The van der Waals surface area contributed by atoms with E-state index in [1.165, 1.54) is 12.8 Å². The molecular formula is C17H28O3. The van der Waals surface area contributed by atoms with Crippen molar-refractivity contribution in [3.05, 3.63) is 0 Å². The van der Waals surface area contributed by atoms with Crippen LogP contribution in [-0.4, -0.2) is 29.2 Å². The van der Waals surface area contributed by atoms with Crippen LogP contribution in [0.25, 0.3) is 0 Å².